The van der Waals surface area contributed by atoms with Crippen LogP contribution < -0.4 is 0 Å². The van der Waals surface area contributed by atoms with E-state index in [2.05, 4.69) is 6.92 Å². The highest BCUT2D eigenvalue weighted by atomic mass is 35.5. The Morgan fingerprint density at radius 3 is 2.74 bits per heavy atom. The van der Waals surface area contributed by atoms with Crippen LogP contribution in [0.15, 0.2) is 18.2 Å². The first kappa shape index (κ1) is 16.3. The van der Waals surface area contributed by atoms with E-state index in [9.17, 15) is 9.59 Å². The Hall–Kier alpha value is -1.55. The third-order valence-electron chi connectivity index (χ3n) is 5.15. The fourth-order valence-corrected chi connectivity index (χ4v) is 3.89. The van der Waals surface area contributed by atoms with Crippen molar-refractivity contribution >= 4 is 23.4 Å². The number of hydrogen-bond acceptors (Lipinski definition) is 2. The first-order chi connectivity index (χ1) is 11.0. The summed E-state index contributed by atoms with van der Waals surface area (Å²) in [6, 6.07) is 5.41. The van der Waals surface area contributed by atoms with Crippen molar-refractivity contribution in [2.75, 3.05) is 26.2 Å². The number of halogens is 1. The summed E-state index contributed by atoms with van der Waals surface area (Å²) in [5.41, 5.74) is 1.22. The molecule has 0 N–H and O–H groups in total. The third kappa shape index (κ3) is 2.85. The van der Waals surface area contributed by atoms with Crippen LogP contribution in [0, 0.1) is 12.3 Å². The maximum absolute atomic E-state index is 12.7. The van der Waals surface area contributed by atoms with Crippen molar-refractivity contribution in [2.45, 2.75) is 33.1 Å². The second kappa shape index (κ2) is 6.16. The molecule has 2 saturated heterocycles. The molecule has 0 saturated carbocycles. The van der Waals surface area contributed by atoms with Gasteiger partial charge in [0, 0.05) is 36.8 Å². The van der Waals surface area contributed by atoms with Crippen LogP contribution in [-0.2, 0) is 4.79 Å². The molecule has 0 radical (unpaired) electrons. The van der Waals surface area contributed by atoms with Crippen LogP contribution in [-0.4, -0.2) is 47.8 Å². The number of hydrogen-bond donors (Lipinski definition) is 0. The summed E-state index contributed by atoms with van der Waals surface area (Å²) in [5, 5.41) is 0.607. The number of amides is 2. The van der Waals surface area contributed by atoms with Gasteiger partial charge >= 0.3 is 0 Å². The number of carbonyl (C=O) groups excluding carboxylic acids is 2. The quantitative estimate of drug-likeness (QED) is 0.852. The summed E-state index contributed by atoms with van der Waals surface area (Å²) in [7, 11) is 0. The molecule has 3 rings (SSSR count). The summed E-state index contributed by atoms with van der Waals surface area (Å²) in [6.45, 7) is 6.84. The molecule has 1 spiro atoms. The van der Waals surface area contributed by atoms with E-state index in [-0.39, 0.29) is 17.2 Å². The van der Waals surface area contributed by atoms with Crippen molar-refractivity contribution in [3.05, 3.63) is 34.3 Å². The normalized spacial score (nSPS) is 24.0. The lowest BCUT2D eigenvalue weighted by atomic mass is 9.85. The van der Waals surface area contributed by atoms with E-state index < -0.39 is 0 Å². The zero-order valence-electron chi connectivity index (χ0n) is 13.8. The monoisotopic (exact) mass is 334 g/mol. The lowest BCUT2D eigenvalue weighted by molar-refractivity contribution is -0.135. The number of nitrogens with zero attached hydrogens (tertiary/aromatic N) is 2. The zero-order valence-corrected chi connectivity index (χ0v) is 14.5. The minimum absolute atomic E-state index is 0.0227. The second-order valence-corrected chi connectivity index (χ2v) is 7.17. The number of aryl methyl sites for hydroxylation is 1. The van der Waals surface area contributed by atoms with Crippen molar-refractivity contribution in [3.8, 4) is 0 Å². The maximum atomic E-state index is 12.7. The Bertz CT molecular complexity index is 646. The van der Waals surface area contributed by atoms with Gasteiger partial charge in [-0.2, -0.15) is 0 Å². The van der Waals surface area contributed by atoms with E-state index in [0.29, 0.717) is 23.7 Å². The fourth-order valence-electron chi connectivity index (χ4n) is 3.71. The fraction of sp³-hybridized carbons (Fsp3) is 0.556. The molecule has 2 heterocycles. The molecule has 1 aromatic rings. The Kier molecular flexibility index (Phi) is 4.37. The van der Waals surface area contributed by atoms with Crippen molar-refractivity contribution in [1.82, 2.24) is 9.80 Å². The molecular weight excluding hydrogens is 312 g/mol. The van der Waals surface area contributed by atoms with Gasteiger partial charge in [0.25, 0.3) is 5.91 Å². The topological polar surface area (TPSA) is 40.6 Å². The van der Waals surface area contributed by atoms with E-state index >= 15 is 0 Å². The molecule has 0 aromatic heterocycles. The SMILES string of the molecule is CCCN1CCC2(CCN(C(=O)c3ccc(C)c(Cl)c3)C2)C1=O. The summed E-state index contributed by atoms with van der Waals surface area (Å²) in [4.78, 5) is 29.2. The van der Waals surface area contributed by atoms with Gasteiger partial charge in [-0.1, -0.05) is 24.6 Å². The minimum atomic E-state index is -0.348. The van der Waals surface area contributed by atoms with Crippen LogP contribution >= 0.6 is 11.6 Å². The smallest absolute Gasteiger partial charge is 0.253 e. The average Bonchev–Trinajstić information content (AvgIpc) is 3.10. The summed E-state index contributed by atoms with van der Waals surface area (Å²) in [6.07, 6.45) is 2.62. The largest absolute Gasteiger partial charge is 0.342 e. The maximum Gasteiger partial charge on any atom is 0.253 e. The average molecular weight is 335 g/mol. The van der Waals surface area contributed by atoms with Gasteiger partial charge in [-0.3, -0.25) is 9.59 Å². The predicted molar refractivity (Wildman–Crippen MR) is 90.6 cm³/mol. The summed E-state index contributed by atoms with van der Waals surface area (Å²) in [5.74, 6) is 0.210. The van der Waals surface area contributed by atoms with Gasteiger partial charge in [0.1, 0.15) is 0 Å². The lowest BCUT2D eigenvalue weighted by Gasteiger charge is -2.23. The minimum Gasteiger partial charge on any atom is -0.342 e. The zero-order chi connectivity index (χ0) is 16.6. The van der Waals surface area contributed by atoms with Crippen molar-refractivity contribution in [3.63, 3.8) is 0 Å². The van der Waals surface area contributed by atoms with Gasteiger partial charge in [-0.25, -0.2) is 0 Å². The highest BCUT2D eigenvalue weighted by Gasteiger charge is 2.51. The van der Waals surface area contributed by atoms with E-state index in [1.54, 1.807) is 6.07 Å². The highest BCUT2D eigenvalue weighted by molar-refractivity contribution is 6.31. The molecule has 2 amide bonds. The molecule has 2 aliphatic rings. The molecule has 4 nitrogen and oxygen atoms in total. The Morgan fingerprint density at radius 1 is 1.30 bits per heavy atom. The van der Waals surface area contributed by atoms with Gasteiger partial charge < -0.3 is 9.80 Å². The van der Waals surface area contributed by atoms with Crippen LogP contribution in [0.1, 0.15) is 42.1 Å². The Morgan fingerprint density at radius 2 is 2.04 bits per heavy atom. The van der Waals surface area contributed by atoms with Crippen molar-refractivity contribution < 1.29 is 9.59 Å². The van der Waals surface area contributed by atoms with E-state index in [4.69, 9.17) is 11.6 Å². The molecule has 2 aliphatic heterocycles. The Labute approximate surface area is 142 Å². The molecule has 0 bridgehead atoms. The molecular formula is C18H23ClN2O2. The third-order valence-corrected chi connectivity index (χ3v) is 5.56. The number of carbonyl (C=O) groups is 2. The van der Waals surface area contributed by atoms with Crippen LogP contribution in [0.3, 0.4) is 0 Å². The van der Waals surface area contributed by atoms with Gasteiger partial charge in [0.05, 0.1) is 5.41 Å². The van der Waals surface area contributed by atoms with E-state index in [1.807, 2.05) is 28.9 Å². The molecule has 23 heavy (non-hydrogen) atoms. The summed E-state index contributed by atoms with van der Waals surface area (Å²) >= 11 is 6.13. The molecule has 5 heteroatoms. The number of rotatable bonds is 3. The molecule has 2 fully saturated rings. The van der Waals surface area contributed by atoms with Gasteiger partial charge in [-0.15, -0.1) is 0 Å². The number of likely N-dealkylation sites (tertiary alicyclic amines) is 2. The van der Waals surface area contributed by atoms with Crippen LogP contribution in [0.4, 0.5) is 0 Å². The highest BCUT2D eigenvalue weighted by Crippen LogP contribution is 2.41. The van der Waals surface area contributed by atoms with Gasteiger partial charge in [-0.05, 0) is 43.9 Å². The van der Waals surface area contributed by atoms with Gasteiger partial charge in [0.15, 0.2) is 0 Å². The molecule has 1 atom stereocenters. The molecule has 124 valence electrons. The standard InChI is InChI=1S/C18H23ClN2O2/c1-3-8-20-9-6-18(17(20)23)7-10-21(12-18)16(22)14-5-4-13(2)15(19)11-14/h4-5,11H,3,6-10,12H2,1-2H3. The van der Waals surface area contributed by atoms with Crippen LogP contribution in [0.2, 0.25) is 5.02 Å². The summed E-state index contributed by atoms with van der Waals surface area (Å²) < 4.78 is 0. The first-order valence-corrected chi connectivity index (χ1v) is 8.69. The molecule has 0 aliphatic carbocycles. The molecule has 1 unspecified atom stereocenters. The van der Waals surface area contributed by atoms with E-state index in [1.165, 1.54) is 0 Å². The van der Waals surface area contributed by atoms with Crippen LogP contribution in [0.25, 0.3) is 0 Å². The first-order valence-electron chi connectivity index (χ1n) is 8.32. The predicted octanol–water partition coefficient (Wildman–Crippen LogP) is 3.12. The van der Waals surface area contributed by atoms with Crippen molar-refractivity contribution in [1.29, 1.82) is 0 Å². The van der Waals surface area contributed by atoms with Crippen LogP contribution in [0.5, 0.6) is 0 Å². The lowest BCUT2D eigenvalue weighted by Crippen LogP contribution is -2.38. The van der Waals surface area contributed by atoms with Gasteiger partial charge in [0.2, 0.25) is 5.91 Å². The van der Waals surface area contributed by atoms with E-state index in [0.717, 1.165) is 37.9 Å². The molecule has 1 aromatic carbocycles. The van der Waals surface area contributed by atoms with Crippen molar-refractivity contribution in [2.24, 2.45) is 5.41 Å². The Balaban J connectivity index is 1.73. The second-order valence-electron chi connectivity index (χ2n) is 6.76. The number of benzene rings is 1.